The Morgan fingerprint density at radius 1 is 1.59 bits per heavy atom. The van der Waals surface area contributed by atoms with Crippen LogP contribution in [0, 0.1) is 0 Å². The second-order valence-electron chi connectivity index (χ2n) is 5.64. The maximum Gasteiger partial charge on any atom is 0.0280 e. The second-order valence-corrected chi connectivity index (χ2v) is 6.67. The van der Waals surface area contributed by atoms with E-state index < -0.39 is 0 Å². The van der Waals surface area contributed by atoms with Gasteiger partial charge in [0.2, 0.25) is 0 Å². The van der Waals surface area contributed by atoms with Crippen LogP contribution >= 0.6 is 11.3 Å². The van der Waals surface area contributed by atoms with E-state index in [9.17, 15) is 0 Å². The number of hydrogen-bond acceptors (Lipinski definition) is 3. The summed E-state index contributed by atoms with van der Waals surface area (Å²) in [6, 6.07) is 5.00. The predicted molar refractivity (Wildman–Crippen MR) is 75.8 cm³/mol. The highest BCUT2D eigenvalue weighted by Crippen LogP contribution is 2.21. The first kappa shape index (κ1) is 13.1. The summed E-state index contributed by atoms with van der Waals surface area (Å²) in [5, 5.41) is 5.81. The molecule has 96 valence electrons. The smallest absolute Gasteiger partial charge is 0.0280 e. The molecular weight excluding hydrogens is 228 g/mol. The van der Waals surface area contributed by atoms with E-state index >= 15 is 0 Å². The van der Waals surface area contributed by atoms with Gasteiger partial charge in [0.1, 0.15) is 0 Å². The first-order valence-electron chi connectivity index (χ1n) is 6.57. The molecule has 3 heteroatoms. The number of likely N-dealkylation sites (N-methyl/N-ethyl adjacent to an activating group) is 1. The van der Waals surface area contributed by atoms with Crippen LogP contribution in [-0.4, -0.2) is 36.6 Å². The van der Waals surface area contributed by atoms with Gasteiger partial charge < -0.3 is 10.2 Å². The third-order valence-corrected chi connectivity index (χ3v) is 4.78. The predicted octanol–water partition coefficient (Wildman–Crippen LogP) is 2.75. The average molecular weight is 252 g/mol. The molecule has 0 aliphatic carbocycles. The van der Waals surface area contributed by atoms with Gasteiger partial charge in [-0.05, 0) is 58.1 Å². The molecule has 0 saturated carbocycles. The van der Waals surface area contributed by atoms with Gasteiger partial charge in [-0.3, -0.25) is 0 Å². The molecule has 2 rings (SSSR count). The summed E-state index contributed by atoms with van der Waals surface area (Å²) in [4.78, 5) is 3.99. The van der Waals surface area contributed by atoms with Crippen LogP contribution in [0.4, 0.5) is 0 Å². The molecule has 1 N–H and O–H groups in total. The highest BCUT2D eigenvalue weighted by molar-refractivity contribution is 7.09. The van der Waals surface area contributed by atoms with Gasteiger partial charge >= 0.3 is 0 Å². The third kappa shape index (κ3) is 3.54. The van der Waals surface area contributed by atoms with E-state index in [2.05, 4.69) is 48.6 Å². The highest BCUT2D eigenvalue weighted by atomic mass is 32.1. The molecule has 1 aliphatic heterocycles. The van der Waals surface area contributed by atoms with Crippen molar-refractivity contribution in [2.45, 2.75) is 44.7 Å². The summed E-state index contributed by atoms with van der Waals surface area (Å²) in [5.74, 6) is 0. The molecule has 2 unspecified atom stereocenters. The van der Waals surface area contributed by atoms with Gasteiger partial charge in [0, 0.05) is 23.0 Å². The molecule has 0 aromatic carbocycles. The molecule has 0 amide bonds. The normalized spacial score (nSPS) is 26.6. The monoisotopic (exact) mass is 252 g/mol. The van der Waals surface area contributed by atoms with E-state index in [0.29, 0.717) is 11.6 Å². The van der Waals surface area contributed by atoms with Crippen LogP contribution in [0.25, 0.3) is 0 Å². The zero-order valence-corrected chi connectivity index (χ0v) is 12.0. The fourth-order valence-electron chi connectivity index (χ4n) is 2.67. The summed E-state index contributed by atoms with van der Waals surface area (Å²) >= 11 is 1.87. The Morgan fingerprint density at radius 2 is 2.41 bits per heavy atom. The Kier molecular flexibility index (Phi) is 4.23. The molecule has 1 aromatic heterocycles. The number of nitrogens with one attached hydrogen (secondary N) is 1. The van der Waals surface area contributed by atoms with Crippen molar-refractivity contribution in [1.82, 2.24) is 10.2 Å². The topological polar surface area (TPSA) is 15.3 Å². The molecule has 1 fully saturated rings. The van der Waals surface area contributed by atoms with Crippen molar-refractivity contribution in [2.24, 2.45) is 0 Å². The Hall–Kier alpha value is -0.380. The maximum atomic E-state index is 3.64. The summed E-state index contributed by atoms with van der Waals surface area (Å²) in [6.07, 6.45) is 3.80. The molecule has 1 aromatic rings. The van der Waals surface area contributed by atoms with Gasteiger partial charge in [0.05, 0.1) is 0 Å². The van der Waals surface area contributed by atoms with E-state index in [1.54, 1.807) is 0 Å². The van der Waals surface area contributed by atoms with E-state index in [1.807, 2.05) is 11.3 Å². The summed E-state index contributed by atoms with van der Waals surface area (Å²) in [7, 11) is 2.25. The van der Waals surface area contributed by atoms with Crippen LogP contribution in [0.5, 0.6) is 0 Å². The van der Waals surface area contributed by atoms with Gasteiger partial charge in [-0.25, -0.2) is 0 Å². The number of thiophene rings is 1. The quantitative estimate of drug-likeness (QED) is 0.867. The van der Waals surface area contributed by atoms with Crippen LogP contribution in [0.3, 0.4) is 0 Å². The van der Waals surface area contributed by atoms with Crippen LogP contribution in [0.15, 0.2) is 17.5 Å². The molecular formula is C14H24N2S. The first-order chi connectivity index (χ1) is 8.09. The van der Waals surface area contributed by atoms with E-state index in [1.165, 1.54) is 30.7 Å². The number of rotatable bonds is 5. The van der Waals surface area contributed by atoms with Crippen LogP contribution in [-0.2, 0) is 6.42 Å². The number of nitrogens with zero attached hydrogens (tertiary/aromatic N) is 1. The van der Waals surface area contributed by atoms with Gasteiger partial charge in [0.15, 0.2) is 0 Å². The Morgan fingerprint density at radius 3 is 3.00 bits per heavy atom. The Labute approximate surface area is 109 Å². The minimum atomic E-state index is 0.332. The van der Waals surface area contributed by atoms with Crippen molar-refractivity contribution >= 4 is 11.3 Å². The zero-order valence-electron chi connectivity index (χ0n) is 11.2. The highest BCUT2D eigenvalue weighted by Gasteiger charge is 2.30. The minimum Gasteiger partial charge on any atom is -0.310 e. The lowest BCUT2D eigenvalue weighted by Crippen LogP contribution is -2.49. The zero-order chi connectivity index (χ0) is 12.3. The maximum absolute atomic E-state index is 3.64. The Bertz CT molecular complexity index is 328. The lowest BCUT2D eigenvalue weighted by molar-refractivity contribution is 0.192. The van der Waals surface area contributed by atoms with Crippen LogP contribution in [0.1, 0.15) is 31.6 Å². The Balaban J connectivity index is 1.84. The van der Waals surface area contributed by atoms with Gasteiger partial charge in [-0.1, -0.05) is 6.07 Å². The van der Waals surface area contributed by atoms with E-state index in [0.717, 1.165) is 6.54 Å². The lowest BCUT2D eigenvalue weighted by Gasteiger charge is -2.33. The molecule has 0 bridgehead atoms. The molecule has 1 saturated heterocycles. The summed E-state index contributed by atoms with van der Waals surface area (Å²) in [6.45, 7) is 7.02. The summed E-state index contributed by atoms with van der Waals surface area (Å²) in [5.41, 5.74) is 0.332. The SMILES string of the molecule is CC(Cc1cccs1)N(C)CC1(C)CCCN1. The molecule has 0 spiro atoms. The minimum absolute atomic E-state index is 0.332. The number of hydrogen-bond donors (Lipinski definition) is 1. The first-order valence-corrected chi connectivity index (χ1v) is 7.45. The third-order valence-electron chi connectivity index (χ3n) is 3.88. The van der Waals surface area contributed by atoms with Crippen molar-refractivity contribution < 1.29 is 0 Å². The standard InChI is InChI=1S/C14H24N2S/c1-12(10-13-6-4-9-17-13)16(3)11-14(2)7-5-8-15-14/h4,6,9,12,15H,5,7-8,10-11H2,1-3H3. The fraction of sp³-hybridized carbons (Fsp3) is 0.714. The van der Waals surface area contributed by atoms with Crippen molar-refractivity contribution in [3.8, 4) is 0 Å². The molecule has 1 aliphatic rings. The largest absolute Gasteiger partial charge is 0.310 e. The van der Waals surface area contributed by atoms with Gasteiger partial charge in [-0.2, -0.15) is 0 Å². The van der Waals surface area contributed by atoms with Crippen molar-refractivity contribution in [1.29, 1.82) is 0 Å². The van der Waals surface area contributed by atoms with Crippen LogP contribution in [0.2, 0.25) is 0 Å². The lowest BCUT2D eigenvalue weighted by atomic mass is 9.99. The van der Waals surface area contributed by atoms with Crippen LogP contribution < -0.4 is 5.32 Å². The van der Waals surface area contributed by atoms with Gasteiger partial charge in [0.25, 0.3) is 0 Å². The van der Waals surface area contributed by atoms with E-state index in [4.69, 9.17) is 0 Å². The fourth-order valence-corrected chi connectivity index (χ4v) is 3.50. The molecule has 17 heavy (non-hydrogen) atoms. The molecule has 2 atom stereocenters. The average Bonchev–Trinajstić information content (AvgIpc) is 2.90. The van der Waals surface area contributed by atoms with Crippen molar-refractivity contribution in [3.63, 3.8) is 0 Å². The molecule has 2 nitrogen and oxygen atoms in total. The molecule has 2 heterocycles. The van der Waals surface area contributed by atoms with Gasteiger partial charge in [-0.15, -0.1) is 11.3 Å². The second kappa shape index (κ2) is 5.51. The van der Waals surface area contributed by atoms with Crippen molar-refractivity contribution in [3.05, 3.63) is 22.4 Å². The van der Waals surface area contributed by atoms with E-state index in [-0.39, 0.29) is 0 Å². The summed E-state index contributed by atoms with van der Waals surface area (Å²) < 4.78 is 0. The van der Waals surface area contributed by atoms with Crippen molar-refractivity contribution in [2.75, 3.05) is 20.1 Å². The molecule has 0 radical (unpaired) electrons.